The highest BCUT2D eigenvalue weighted by atomic mass is 32.1. The van der Waals surface area contributed by atoms with Gasteiger partial charge >= 0.3 is 0 Å². The van der Waals surface area contributed by atoms with E-state index in [0.29, 0.717) is 5.56 Å². The summed E-state index contributed by atoms with van der Waals surface area (Å²) in [5.74, 6) is 0.724. The van der Waals surface area contributed by atoms with Crippen LogP contribution in [0.15, 0.2) is 34.8 Å². The van der Waals surface area contributed by atoms with E-state index in [1.54, 1.807) is 23.6 Å². The van der Waals surface area contributed by atoms with Crippen LogP contribution >= 0.6 is 11.3 Å². The first-order valence-corrected chi connectivity index (χ1v) is 6.98. The van der Waals surface area contributed by atoms with E-state index in [1.165, 1.54) is 6.07 Å². The molecule has 0 unspecified atom stereocenters. The standard InChI is InChI=1S/C14H14FN3S/c1-9-10(4-3-5-11(9)15)12-8-18(2)13(17-12)14-16-6-7-19-14/h3-7,12H,8H2,1-2H3/t12-/m1/s1. The molecule has 5 heteroatoms. The van der Waals surface area contributed by atoms with Crippen LogP contribution in [0.2, 0.25) is 0 Å². The number of hydrogen-bond acceptors (Lipinski definition) is 4. The molecule has 0 amide bonds. The molecule has 0 aliphatic carbocycles. The Bertz CT molecular complexity index is 622. The van der Waals surface area contributed by atoms with Crippen LogP contribution in [0.1, 0.15) is 22.2 Å². The van der Waals surface area contributed by atoms with Crippen LogP contribution < -0.4 is 0 Å². The van der Waals surface area contributed by atoms with Crippen LogP contribution in [0.5, 0.6) is 0 Å². The second kappa shape index (κ2) is 4.74. The van der Waals surface area contributed by atoms with E-state index in [1.807, 2.05) is 25.4 Å². The lowest BCUT2D eigenvalue weighted by atomic mass is 10.0. The van der Waals surface area contributed by atoms with E-state index in [0.717, 1.165) is 23.0 Å². The van der Waals surface area contributed by atoms with Crippen LogP contribution in [-0.4, -0.2) is 29.3 Å². The Hall–Kier alpha value is -1.75. The van der Waals surface area contributed by atoms with Gasteiger partial charge in [0.1, 0.15) is 5.82 Å². The zero-order valence-electron chi connectivity index (χ0n) is 10.8. The number of likely N-dealkylation sites (N-methyl/N-ethyl adjacent to an activating group) is 1. The van der Waals surface area contributed by atoms with Crippen molar-refractivity contribution in [2.75, 3.05) is 13.6 Å². The van der Waals surface area contributed by atoms with Crippen molar-refractivity contribution in [3.05, 3.63) is 51.7 Å². The third-order valence-electron chi connectivity index (χ3n) is 3.38. The first kappa shape index (κ1) is 12.3. The number of benzene rings is 1. The summed E-state index contributed by atoms with van der Waals surface area (Å²) >= 11 is 1.57. The molecule has 1 aromatic heterocycles. The fourth-order valence-corrected chi connectivity index (χ4v) is 3.02. The summed E-state index contributed by atoms with van der Waals surface area (Å²) in [4.78, 5) is 11.1. The largest absolute Gasteiger partial charge is 0.355 e. The van der Waals surface area contributed by atoms with Crippen LogP contribution in [0, 0.1) is 12.7 Å². The molecule has 3 rings (SSSR count). The smallest absolute Gasteiger partial charge is 0.160 e. The Morgan fingerprint density at radius 3 is 3.00 bits per heavy atom. The van der Waals surface area contributed by atoms with E-state index < -0.39 is 0 Å². The minimum Gasteiger partial charge on any atom is -0.355 e. The highest BCUT2D eigenvalue weighted by Gasteiger charge is 2.27. The average Bonchev–Trinajstić information content (AvgIpc) is 3.01. The summed E-state index contributed by atoms with van der Waals surface area (Å²) in [6.07, 6.45) is 1.77. The number of amidine groups is 1. The van der Waals surface area contributed by atoms with Crippen molar-refractivity contribution < 1.29 is 4.39 Å². The maximum Gasteiger partial charge on any atom is 0.160 e. The molecule has 1 aromatic carbocycles. The minimum atomic E-state index is -0.168. The Labute approximate surface area is 115 Å². The molecule has 1 atom stereocenters. The maximum atomic E-state index is 13.6. The van der Waals surface area contributed by atoms with Crippen molar-refractivity contribution in [3.63, 3.8) is 0 Å². The molecule has 0 radical (unpaired) electrons. The third-order valence-corrected chi connectivity index (χ3v) is 4.15. The highest BCUT2D eigenvalue weighted by molar-refractivity contribution is 7.11. The van der Waals surface area contributed by atoms with E-state index in [2.05, 4.69) is 9.88 Å². The number of aliphatic imine (C=N–C) groups is 1. The summed E-state index contributed by atoms with van der Waals surface area (Å²) in [5.41, 5.74) is 1.64. The summed E-state index contributed by atoms with van der Waals surface area (Å²) in [6, 6.07) is 5.17. The van der Waals surface area contributed by atoms with Gasteiger partial charge < -0.3 is 4.90 Å². The fraction of sp³-hybridized carbons (Fsp3) is 0.286. The molecule has 0 fully saturated rings. The van der Waals surface area contributed by atoms with Gasteiger partial charge in [-0.25, -0.2) is 9.37 Å². The zero-order chi connectivity index (χ0) is 13.4. The second-order valence-corrected chi connectivity index (χ2v) is 5.53. The fourth-order valence-electron chi connectivity index (χ4n) is 2.34. The minimum absolute atomic E-state index is 0.0143. The van der Waals surface area contributed by atoms with Gasteiger partial charge in [0.2, 0.25) is 0 Å². The molecular weight excluding hydrogens is 261 g/mol. The Kier molecular flexibility index (Phi) is 3.06. The molecule has 0 saturated carbocycles. The molecule has 0 spiro atoms. The molecule has 2 heterocycles. The van der Waals surface area contributed by atoms with E-state index >= 15 is 0 Å². The first-order chi connectivity index (χ1) is 9.16. The van der Waals surface area contributed by atoms with E-state index in [4.69, 9.17) is 4.99 Å². The van der Waals surface area contributed by atoms with Gasteiger partial charge in [0.05, 0.1) is 6.04 Å². The molecule has 1 aliphatic heterocycles. The number of aromatic nitrogens is 1. The molecule has 3 nitrogen and oxygen atoms in total. The molecular formula is C14H14FN3S. The number of rotatable bonds is 2. The molecule has 0 bridgehead atoms. The number of thiazole rings is 1. The predicted molar refractivity (Wildman–Crippen MR) is 75.2 cm³/mol. The topological polar surface area (TPSA) is 28.5 Å². The SMILES string of the molecule is Cc1c(F)cccc1[C@H]1CN(C)C(c2nccs2)=N1. The monoisotopic (exact) mass is 275 g/mol. The van der Waals surface area contributed by atoms with Gasteiger partial charge in [0.25, 0.3) is 0 Å². The van der Waals surface area contributed by atoms with Gasteiger partial charge in [0, 0.05) is 25.2 Å². The lowest BCUT2D eigenvalue weighted by molar-refractivity contribution is 0.504. The molecule has 0 N–H and O–H groups in total. The van der Waals surface area contributed by atoms with Crippen LogP contribution in [-0.2, 0) is 0 Å². The summed E-state index contributed by atoms with van der Waals surface area (Å²) in [7, 11) is 1.99. The van der Waals surface area contributed by atoms with Crippen molar-refractivity contribution in [3.8, 4) is 0 Å². The normalized spacial score (nSPS) is 18.8. The summed E-state index contributed by atoms with van der Waals surface area (Å²) in [5, 5.41) is 2.85. The highest BCUT2D eigenvalue weighted by Crippen LogP contribution is 2.29. The maximum absolute atomic E-state index is 13.6. The molecule has 2 aromatic rings. The first-order valence-electron chi connectivity index (χ1n) is 6.10. The van der Waals surface area contributed by atoms with Gasteiger partial charge in [-0.1, -0.05) is 12.1 Å². The van der Waals surface area contributed by atoms with Crippen molar-refractivity contribution >= 4 is 17.2 Å². The lowest BCUT2D eigenvalue weighted by Crippen LogP contribution is -2.23. The molecule has 19 heavy (non-hydrogen) atoms. The van der Waals surface area contributed by atoms with Gasteiger partial charge in [-0.3, -0.25) is 4.99 Å². The van der Waals surface area contributed by atoms with Gasteiger partial charge in [-0.15, -0.1) is 11.3 Å². The Balaban J connectivity index is 1.98. The number of halogens is 1. The van der Waals surface area contributed by atoms with Crippen LogP contribution in [0.25, 0.3) is 0 Å². The van der Waals surface area contributed by atoms with Crippen molar-refractivity contribution in [2.24, 2.45) is 4.99 Å². The molecule has 1 aliphatic rings. The van der Waals surface area contributed by atoms with Crippen molar-refractivity contribution in [1.82, 2.24) is 9.88 Å². The zero-order valence-corrected chi connectivity index (χ0v) is 11.6. The Morgan fingerprint density at radius 1 is 1.42 bits per heavy atom. The average molecular weight is 275 g/mol. The third kappa shape index (κ3) is 2.14. The predicted octanol–water partition coefficient (Wildman–Crippen LogP) is 3.02. The second-order valence-electron chi connectivity index (χ2n) is 4.64. The molecule has 0 saturated heterocycles. The van der Waals surface area contributed by atoms with Crippen molar-refractivity contribution in [1.29, 1.82) is 0 Å². The van der Waals surface area contributed by atoms with Crippen LogP contribution in [0.4, 0.5) is 4.39 Å². The van der Waals surface area contributed by atoms with Gasteiger partial charge in [-0.05, 0) is 24.1 Å². The lowest BCUT2D eigenvalue weighted by Gasteiger charge is -2.14. The van der Waals surface area contributed by atoms with Crippen LogP contribution in [0.3, 0.4) is 0 Å². The van der Waals surface area contributed by atoms with Gasteiger partial charge in [0.15, 0.2) is 10.8 Å². The quantitative estimate of drug-likeness (QED) is 0.843. The summed E-state index contributed by atoms with van der Waals surface area (Å²) in [6.45, 7) is 2.57. The number of nitrogens with zero attached hydrogens (tertiary/aromatic N) is 3. The van der Waals surface area contributed by atoms with Crippen molar-refractivity contribution in [2.45, 2.75) is 13.0 Å². The van der Waals surface area contributed by atoms with Gasteiger partial charge in [-0.2, -0.15) is 0 Å². The summed E-state index contributed by atoms with van der Waals surface area (Å²) < 4.78 is 13.6. The molecule has 98 valence electrons. The Morgan fingerprint density at radius 2 is 2.26 bits per heavy atom. The number of hydrogen-bond donors (Lipinski definition) is 0. The van der Waals surface area contributed by atoms with E-state index in [9.17, 15) is 4.39 Å². The van der Waals surface area contributed by atoms with E-state index in [-0.39, 0.29) is 11.9 Å².